The molecule has 0 spiro atoms. The topological polar surface area (TPSA) is 55.8 Å². The fourth-order valence-electron chi connectivity index (χ4n) is 6.22. The number of rotatable bonds is 6. The van der Waals surface area contributed by atoms with E-state index in [9.17, 15) is 9.18 Å². The average molecular weight is 529 g/mol. The standard InChI is InChI=1S/C28H38ClFN6O/c1-19-4-9-24-26(19)27(32-18-31-24)35-12-14-36(15-13-35)28(37)22(20-5-7-21(29)8-6-20)16-34-11-10-25(33(2)3)23(30)17-34/h5-8,18-19,22-23,25H,4,9-17H2,1-3H3/t19-,22?,23?,25?/m1/s1. The normalized spacial score (nSPS) is 25.4. The van der Waals surface area contributed by atoms with E-state index >= 15 is 0 Å². The molecule has 37 heavy (non-hydrogen) atoms. The second-order valence-electron chi connectivity index (χ2n) is 11.0. The number of aryl methyl sites for hydroxylation is 1. The molecule has 3 unspecified atom stereocenters. The predicted molar refractivity (Wildman–Crippen MR) is 145 cm³/mol. The van der Waals surface area contributed by atoms with Gasteiger partial charge in [0.1, 0.15) is 18.3 Å². The maximum atomic E-state index is 14.9. The highest BCUT2D eigenvalue weighted by Crippen LogP contribution is 2.37. The number of hydrogen-bond donors (Lipinski definition) is 0. The molecular formula is C28H38ClFN6O. The number of nitrogens with zero attached hydrogens (tertiary/aromatic N) is 6. The number of alkyl halides is 1. The minimum absolute atomic E-state index is 0.0695. The van der Waals surface area contributed by atoms with Gasteiger partial charge in [0.25, 0.3) is 0 Å². The summed E-state index contributed by atoms with van der Waals surface area (Å²) in [4.78, 5) is 31.4. The lowest BCUT2D eigenvalue weighted by molar-refractivity contribution is -0.133. The number of piperidine rings is 1. The van der Waals surface area contributed by atoms with Crippen LogP contribution >= 0.6 is 11.6 Å². The first-order valence-electron chi connectivity index (χ1n) is 13.5. The van der Waals surface area contributed by atoms with Crippen LogP contribution in [0.3, 0.4) is 0 Å². The van der Waals surface area contributed by atoms with Gasteiger partial charge >= 0.3 is 0 Å². The molecule has 2 aromatic rings. The van der Waals surface area contributed by atoms with Crippen molar-refractivity contribution in [3.05, 3.63) is 52.4 Å². The maximum Gasteiger partial charge on any atom is 0.231 e. The van der Waals surface area contributed by atoms with Gasteiger partial charge in [-0.15, -0.1) is 0 Å². The van der Waals surface area contributed by atoms with Crippen LogP contribution in [0.2, 0.25) is 5.02 Å². The van der Waals surface area contributed by atoms with Gasteiger partial charge in [-0.3, -0.25) is 9.69 Å². The number of hydrogen-bond acceptors (Lipinski definition) is 6. The van der Waals surface area contributed by atoms with E-state index in [1.165, 1.54) is 11.3 Å². The van der Waals surface area contributed by atoms with Crippen molar-refractivity contribution in [1.29, 1.82) is 0 Å². The first-order valence-corrected chi connectivity index (χ1v) is 13.9. The van der Waals surface area contributed by atoms with Crippen molar-refractivity contribution in [3.63, 3.8) is 0 Å². The largest absolute Gasteiger partial charge is 0.353 e. The molecule has 2 fully saturated rings. The zero-order valence-corrected chi connectivity index (χ0v) is 22.9. The highest BCUT2D eigenvalue weighted by Gasteiger charge is 2.36. The van der Waals surface area contributed by atoms with E-state index in [1.807, 2.05) is 48.2 Å². The maximum absolute atomic E-state index is 14.9. The molecule has 5 rings (SSSR count). The number of aromatic nitrogens is 2. The predicted octanol–water partition coefficient (Wildman–Crippen LogP) is 3.59. The van der Waals surface area contributed by atoms with Gasteiger partial charge in [-0.25, -0.2) is 14.4 Å². The van der Waals surface area contributed by atoms with E-state index in [-0.39, 0.29) is 17.9 Å². The Balaban J connectivity index is 1.28. The molecule has 0 N–H and O–H groups in total. The molecule has 7 nitrogen and oxygen atoms in total. The van der Waals surface area contributed by atoms with Gasteiger partial charge in [0.2, 0.25) is 5.91 Å². The molecular weight excluding hydrogens is 491 g/mol. The number of amides is 1. The number of benzene rings is 1. The number of carbonyl (C=O) groups excluding carboxylic acids is 1. The third-order valence-electron chi connectivity index (χ3n) is 8.41. The van der Waals surface area contributed by atoms with Crippen molar-refractivity contribution in [2.45, 2.75) is 50.2 Å². The van der Waals surface area contributed by atoms with Crippen molar-refractivity contribution in [1.82, 2.24) is 24.7 Å². The lowest BCUT2D eigenvalue weighted by Gasteiger charge is -2.41. The van der Waals surface area contributed by atoms with E-state index < -0.39 is 6.17 Å². The summed E-state index contributed by atoms with van der Waals surface area (Å²) in [6.07, 6.45) is 3.64. The minimum Gasteiger partial charge on any atom is -0.353 e. The Morgan fingerprint density at radius 1 is 1.11 bits per heavy atom. The van der Waals surface area contributed by atoms with Gasteiger partial charge in [0.15, 0.2) is 0 Å². The summed E-state index contributed by atoms with van der Waals surface area (Å²) in [5.74, 6) is 1.26. The third kappa shape index (κ3) is 5.61. The number of piperazine rings is 1. The highest BCUT2D eigenvalue weighted by molar-refractivity contribution is 6.30. The van der Waals surface area contributed by atoms with Crippen LogP contribution in [0.25, 0.3) is 0 Å². The number of halogens is 2. The van der Waals surface area contributed by atoms with Crippen LogP contribution in [-0.2, 0) is 11.2 Å². The van der Waals surface area contributed by atoms with E-state index in [2.05, 4.69) is 26.7 Å². The zero-order chi connectivity index (χ0) is 26.1. The van der Waals surface area contributed by atoms with Crippen molar-refractivity contribution < 1.29 is 9.18 Å². The summed E-state index contributed by atoms with van der Waals surface area (Å²) >= 11 is 6.15. The van der Waals surface area contributed by atoms with Gasteiger partial charge in [0, 0.05) is 61.6 Å². The first kappa shape index (κ1) is 26.3. The average Bonchev–Trinajstić information content (AvgIpc) is 3.28. The molecule has 3 aliphatic rings. The zero-order valence-electron chi connectivity index (χ0n) is 22.1. The fourth-order valence-corrected chi connectivity index (χ4v) is 6.34. The van der Waals surface area contributed by atoms with Crippen molar-refractivity contribution in [3.8, 4) is 0 Å². The molecule has 1 aliphatic carbocycles. The number of anilines is 1. The lowest BCUT2D eigenvalue weighted by Crippen LogP contribution is -2.54. The van der Waals surface area contributed by atoms with Gasteiger partial charge in [-0.05, 0) is 63.5 Å². The number of fused-ring (bicyclic) bond motifs is 1. The van der Waals surface area contributed by atoms with E-state index in [1.54, 1.807) is 6.33 Å². The van der Waals surface area contributed by atoms with Crippen LogP contribution in [0, 0.1) is 0 Å². The second kappa shape index (κ2) is 11.2. The molecule has 2 saturated heterocycles. The summed E-state index contributed by atoms with van der Waals surface area (Å²) in [7, 11) is 3.87. The molecule has 1 aromatic heterocycles. The van der Waals surface area contributed by atoms with Crippen LogP contribution in [0.5, 0.6) is 0 Å². The quantitative estimate of drug-likeness (QED) is 0.571. The minimum atomic E-state index is -0.926. The Morgan fingerprint density at radius 3 is 2.51 bits per heavy atom. The Labute approximate surface area is 224 Å². The van der Waals surface area contributed by atoms with Crippen molar-refractivity contribution >= 4 is 23.3 Å². The Bertz CT molecular complexity index is 1090. The SMILES string of the molecule is C[C@@H]1CCc2ncnc(N3CCN(C(=O)C(CN4CCC(N(C)C)C(F)C4)c4ccc(Cl)cc4)CC3)c21. The van der Waals surface area contributed by atoms with E-state index in [0.717, 1.165) is 50.3 Å². The Hall–Kier alpha value is -2.29. The molecule has 4 atom stereocenters. The first-order chi connectivity index (χ1) is 17.8. The van der Waals surface area contributed by atoms with E-state index in [4.69, 9.17) is 11.6 Å². The van der Waals surface area contributed by atoms with Crippen LogP contribution in [0.1, 0.15) is 48.4 Å². The summed E-state index contributed by atoms with van der Waals surface area (Å²) in [6.45, 7) is 6.67. The second-order valence-corrected chi connectivity index (χ2v) is 11.4. The molecule has 200 valence electrons. The summed E-state index contributed by atoms with van der Waals surface area (Å²) < 4.78 is 14.9. The summed E-state index contributed by atoms with van der Waals surface area (Å²) in [5, 5.41) is 0.644. The lowest BCUT2D eigenvalue weighted by atomic mass is 9.94. The molecule has 1 amide bonds. The van der Waals surface area contributed by atoms with Crippen LogP contribution in [0.4, 0.5) is 10.2 Å². The van der Waals surface area contributed by atoms with Crippen LogP contribution in [0.15, 0.2) is 30.6 Å². The van der Waals surface area contributed by atoms with Gasteiger partial charge in [-0.2, -0.15) is 0 Å². The molecule has 0 radical (unpaired) electrons. The van der Waals surface area contributed by atoms with Gasteiger partial charge in [0.05, 0.1) is 5.92 Å². The van der Waals surface area contributed by atoms with Crippen LogP contribution in [-0.4, -0.2) is 103 Å². The smallest absolute Gasteiger partial charge is 0.231 e. The molecule has 9 heteroatoms. The Kier molecular flexibility index (Phi) is 7.98. The van der Waals surface area contributed by atoms with Gasteiger partial charge < -0.3 is 14.7 Å². The number of likely N-dealkylation sites (tertiary alicyclic amines) is 1. The Morgan fingerprint density at radius 2 is 1.84 bits per heavy atom. The number of carbonyl (C=O) groups is 1. The summed E-state index contributed by atoms with van der Waals surface area (Å²) in [6, 6.07) is 7.48. The monoisotopic (exact) mass is 528 g/mol. The van der Waals surface area contributed by atoms with E-state index in [0.29, 0.717) is 37.1 Å². The molecule has 1 aromatic carbocycles. The van der Waals surface area contributed by atoms with Gasteiger partial charge in [-0.1, -0.05) is 30.7 Å². The molecule has 2 aliphatic heterocycles. The molecule has 0 bridgehead atoms. The third-order valence-corrected chi connectivity index (χ3v) is 8.66. The summed E-state index contributed by atoms with van der Waals surface area (Å²) in [5.41, 5.74) is 3.38. The van der Waals surface area contributed by atoms with Crippen LogP contribution < -0.4 is 4.90 Å². The van der Waals surface area contributed by atoms with Crippen molar-refractivity contribution in [2.75, 3.05) is 64.8 Å². The highest BCUT2D eigenvalue weighted by atomic mass is 35.5. The fraction of sp³-hybridized carbons (Fsp3) is 0.607. The van der Waals surface area contributed by atoms with Crippen molar-refractivity contribution in [2.24, 2.45) is 0 Å². The molecule has 0 saturated carbocycles. The molecule has 3 heterocycles.